The lowest BCUT2D eigenvalue weighted by Gasteiger charge is -2.09. The number of alkyl halides is 3. The third kappa shape index (κ3) is 5.59. The number of hydrazone groups is 1. The first kappa shape index (κ1) is 19.5. The monoisotopic (exact) mass is 383 g/mol. The second kappa shape index (κ2) is 8.48. The Bertz CT molecular complexity index is 821. The lowest BCUT2D eigenvalue weighted by molar-refractivity contribution is -0.137. The molecule has 26 heavy (non-hydrogen) atoms. The molecule has 5 nitrogen and oxygen atoms in total. The summed E-state index contributed by atoms with van der Waals surface area (Å²) in [5.74, 6) is -1.18. The van der Waals surface area contributed by atoms with Crippen LogP contribution in [-0.4, -0.2) is 24.6 Å². The second-order valence-electron chi connectivity index (χ2n) is 5.07. The minimum Gasteiger partial charge on any atom is -0.343 e. The Morgan fingerprint density at radius 2 is 1.73 bits per heavy atom. The number of amides is 2. The van der Waals surface area contributed by atoms with Gasteiger partial charge in [0.05, 0.1) is 18.3 Å². The van der Waals surface area contributed by atoms with Crippen LogP contribution < -0.4 is 10.7 Å². The van der Waals surface area contributed by atoms with Crippen LogP contribution in [0.5, 0.6) is 0 Å². The van der Waals surface area contributed by atoms with Gasteiger partial charge >= 0.3 is 6.18 Å². The van der Waals surface area contributed by atoms with Gasteiger partial charge in [0, 0.05) is 16.1 Å². The van der Waals surface area contributed by atoms with E-state index >= 15 is 0 Å². The molecule has 0 bridgehead atoms. The maximum absolute atomic E-state index is 12.8. The van der Waals surface area contributed by atoms with E-state index in [4.69, 9.17) is 11.6 Å². The van der Waals surface area contributed by atoms with Crippen LogP contribution in [0.15, 0.2) is 53.6 Å². The van der Waals surface area contributed by atoms with Crippen molar-refractivity contribution in [3.05, 3.63) is 70.2 Å². The van der Waals surface area contributed by atoms with Gasteiger partial charge in [-0.25, -0.2) is 5.43 Å². The van der Waals surface area contributed by atoms with Gasteiger partial charge in [-0.1, -0.05) is 29.8 Å². The van der Waals surface area contributed by atoms with Crippen LogP contribution in [0.2, 0.25) is 5.02 Å². The lowest BCUT2D eigenvalue weighted by atomic mass is 10.1. The van der Waals surface area contributed by atoms with Crippen LogP contribution in [0.25, 0.3) is 0 Å². The molecular weight excluding hydrogens is 371 g/mol. The molecule has 2 aromatic carbocycles. The summed E-state index contributed by atoms with van der Waals surface area (Å²) >= 11 is 5.71. The Morgan fingerprint density at radius 3 is 2.38 bits per heavy atom. The molecule has 0 unspecified atom stereocenters. The van der Waals surface area contributed by atoms with Crippen molar-refractivity contribution in [1.29, 1.82) is 0 Å². The first-order chi connectivity index (χ1) is 12.3. The summed E-state index contributed by atoms with van der Waals surface area (Å²) in [6.45, 7) is -0.389. The number of hydrogen-bond donors (Lipinski definition) is 2. The third-order valence-electron chi connectivity index (χ3n) is 3.17. The van der Waals surface area contributed by atoms with Crippen LogP contribution in [-0.2, 0) is 11.0 Å². The average Bonchev–Trinajstić information content (AvgIpc) is 2.60. The first-order valence-corrected chi connectivity index (χ1v) is 7.67. The number of nitrogens with zero attached hydrogens (tertiary/aromatic N) is 1. The predicted octanol–water partition coefficient (Wildman–Crippen LogP) is 3.24. The Hall–Kier alpha value is -2.87. The number of carbonyl (C=O) groups excluding carboxylic acids is 2. The zero-order chi connectivity index (χ0) is 19.2. The highest BCUT2D eigenvalue weighted by Gasteiger charge is 2.32. The van der Waals surface area contributed by atoms with Crippen LogP contribution in [0.1, 0.15) is 21.5 Å². The van der Waals surface area contributed by atoms with E-state index in [9.17, 15) is 22.8 Å². The van der Waals surface area contributed by atoms with Crippen molar-refractivity contribution in [3.63, 3.8) is 0 Å². The molecule has 2 amide bonds. The average molecular weight is 384 g/mol. The number of carbonyl (C=O) groups is 2. The van der Waals surface area contributed by atoms with Crippen molar-refractivity contribution in [1.82, 2.24) is 10.7 Å². The van der Waals surface area contributed by atoms with Gasteiger partial charge in [0.1, 0.15) is 0 Å². The highest BCUT2D eigenvalue weighted by Crippen LogP contribution is 2.30. The van der Waals surface area contributed by atoms with E-state index < -0.39 is 23.6 Å². The van der Waals surface area contributed by atoms with Crippen LogP contribution in [0.4, 0.5) is 13.2 Å². The Morgan fingerprint density at radius 1 is 1.08 bits per heavy atom. The SMILES string of the molecule is O=C(CNC(=O)c1ccc(Cl)cc1)NN=Cc1ccccc1C(F)(F)F. The van der Waals surface area contributed by atoms with Crippen LogP contribution in [0, 0.1) is 0 Å². The molecule has 0 aromatic heterocycles. The van der Waals surface area contributed by atoms with E-state index in [2.05, 4.69) is 15.8 Å². The number of rotatable bonds is 5. The quantitative estimate of drug-likeness (QED) is 0.614. The van der Waals surface area contributed by atoms with Crippen molar-refractivity contribution in [3.8, 4) is 0 Å². The standard InChI is InChI=1S/C17H13ClF3N3O2/c18-13-7-5-11(6-8-13)16(26)22-10-15(25)24-23-9-12-3-1-2-4-14(12)17(19,20)21/h1-9H,10H2,(H,22,26)(H,24,25). The van der Waals surface area contributed by atoms with Crippen molar-refractivity contribution in [2.75, 3.05) is 6.54 Å². The number of hydrogen-bond acceptors (Lipinski definition) is 3. The van der Waals surface area contributed by atoms with Gasteiger partial charge in [-0.05, 0) is 30.3 Å². The maximum Gasteiger partial charge on any atom is 0.417 e. The minimum atomic E-state index is -4.53. The molecule has 0 spiro atoms. The van der Waals surface area contributed by atoms with E-state index in [1.165, 1.54) is 42.5 Å². The molecule has 0 heterocycles. The smallest absolute Gasteiger partial charge is 0.343 e. The Kier molecular flexibility index (Phi) is 6.35. The highest BCUT2D eigenvalue weighted by atomic mass is 35.5. The zero-order valence-corrected chi connectivity index (χ0v) is 13.9. The van der Waals surface area contributed by atoms with E-state index in [0.717, 1.165) is 12.3 Å². The first-order valence-electron chi connectivity index (χ1n) is 7.29. The molecule has 0 fully saturated rings. The zero-order valence-electron chi connectivity index (χ0n) is 13.2. The topological polar surface area (TPSA) is 70.6 Å². The van der Waals surface area contributed by atoms with Gasteiger partial charge in [-0.15, -0.1) is 0 Å². The molecule has 0 aliphatic carbocycles. The molecule has 2 rings (SSSR count). The van der Waals surface area contributed by atoms with Gasteiger partial charge < -0.3 is 5.32 Å². The largest absolute Gasteiger partial charge is 0.417 e. The maximum atomic E-state index is 12.8. The molecule has 136 valence electrons. The van der Waals surface area contributed by atoms with Crippen molar-refractivity contribution < 1.29 is 22.8 Å². The highest BCUT2D eigenvalue weighted by molar-refractivity contribution is 6.30. The molecule has 0 saturated heterocycles. The van der Waals surface area contributed by atoms with Gasteiger partial charge in [-0.2, -0.15) is 18.3 Å². The Labute approximate surface area is 151 Å². The van der Waals surface area contributed by atoms with E-state index in [0.29, 0.717) is 10.6 Å². The fourth-order valence-corrected chi connectivity index (χ4v) is 2.07. The number of halogens is 4. The molecule has 0 aliphatic rings. The number of benzene rings is 2. The van der Waals surface area contributed by atoms with Gasteiger partial charge in [0.15, 0.2) is 0 Å². The molecule has 2 N–H and O–H groups in total. The molecule has 0 aliphatic heterocycles. The summed E-state index contributed by atoms with van der Waals surface area (Å²) in [6.07, 6.45) is -3.64. The predicted molar refractivity (Wildman–Crippen MR) is 91.0 cm³/mol. The summed E-state index contributed by atoms with van der Waals surface area (Å²) < 4.78 is 38.5. The van der Waals surface area contributed by atoms with Crippen LogP contribution >= 0.6 is 11.6 Å². The van der Waals surface area contributed by atoms with Crippen molar-refractivity contribution in [2.45, 2.75) is 6.18 Å². The molecule has 0 saturated carbocycles. The van der Waals surface area contributed by atoms with Gasteiger partial charge in [0.2, 0.25) is 0 Å². The molecule has 0 atom stereocenters. The third-order valence-corrected chi connectivity index (χ3v) is 3.43. The van der Waals surface area contributed by atoms with Crippen molar-refractivity contribution in [2.24, 2.45) is 5.10 Å². The van der Waals surface area contributed by atoms with Gasteiger partial charge in [-0.3, -0.25) is 9.59 Å². The summed E-state index contributed by atoms with van der Waals surface area (Å²) in [5, 5.41) is 6.30. The molecule has 0 radical (unpaired) electrons. The molecule has 9 heteroatoms. The summed E-state index contributed by atoms with van der Waals surface area (Å²) in [4.78, 5) is 23.4. The summed E-state index contributed by atoms with van der Waals surface area (Å²) in [6, 6.07) is 10.8. The lowest BCUT2D eigenvalue weighted by Crippen LogP contribution is -2.34. The van der Waals surface area contributed by atoms with E-state index in [1.807, 2.05) is 0 Å². The number of nitrogens with one attached hydrogen (secondary N) is 2. The summed E-state index contributed by atoms with van der Waals surface area (Å²) in [7, 11) is 0. The van der Waals surface area contributed by atoms with Crippen molar-refractivity contribution >= 4 is 29.6 Å². The Balaban J connectivity index is 1.88. The molecule has 2 aromatic rings. The second-order valence-corrected chi connectivity index (χ2v) is 5.50. The molecular formula is C17H13ClF3N3O2. The van der Waals surface area contributed by atoms with Gasteiger partial charge in [0.25, 0.3) is 11.8 Å². The van der Waals surface area contributed by atoms with Crippen LogP contribution in [0.3, 0.4) is 0 Å². The van der Waals surface area contributed by atoms with E-state index in [-0.39, 0.29) is 12.1 Å². The fourth-order valence-electron chi connectivity index (χ4n) is 1.94. The fraction of sp³-hybridized carbons (Fsp3) is 0.118. The minimum absolute atomic E-state index is 0.189. The summed E-state index contributed by atoms with van der Waals surface area (Å²) in [5.41, 5.74) is 1.31. The van der Waals surface area contributed by atoms with E-state index in [1.54, 1.807) is 0 Å². The normalized spacial score (nSPS) is 11.4.